The first-order valence-electron chi connectivity index (χ1n) is 5.98. The molecule has 1 aromatic rings. The molecule has 1 aliphatic rings. The number of hydrogen-bond donors (Lipinski definition) is 3. The van der Waals surface area contributed by atoms with Crippen LogP contribution in [0.1, 0.15) is 24.4 Å². The average molecular weight is 265 g/mol. The molecule has 0 spiro atoms. The van der Waals surface area contributed by atoms with E-state index < -0.39 is 12.1 Å². The van der Waals surface area contributed by atoms with Crippen molar-refractivity contribution in [1.29, 1.82) is 0 Å². The summed E-state index contributed by atoms with van der Waals surface area (Å²) in [6.07, 6.45) is 0.414. The molecule has 1 unspecified atom stereocenters. The molecule has 0 aliphatic carbocycles. The Labute approximate surface area is 109 Å². The smallest absolute Gasteiger partial charge is 0.322 e. The predicted octanol–water partition coefficient (Wildman–Crippen LogP) is 0.192. The number of hydrogen-bond acceptors (Lipinski definition) is 4. The molecule has 0 saturated carbocycles. The number of imide groups is 1. The summed E-state index contributed by atoms with van der Waals surface area (Å²) >= 11 is 0. The van der Waals surface area contributed by atoms with Crippen LogP contribution in [-0.2, 0) is 16.1 Å². The molecule has 0 radical (unpaired) electrons. The van der Waals surface area contributed by atoms with Gasteiger partial charge >= 0.3 is 6.03 Å². The van der Waals surface area contributed by atoms with Gasteiger partial charge in [-0.1, -0.05) is 0 Å². The molecule has 2 heterocycles. The highest BCUT2D eigenvalue weighted by Gasteiger charge is 2.25. The summed E-state index contributed by atoms with van der Waals surface area (Å²) in [5, 5.41) is 7.21. The van der Waals surface area contributed by atoms with Gasteiger partial charge in [-0.05, 0) is 25.5 Å². The van der Waals surface area contributed by atoms with Crippen molar-refractivity contribution in [3.05, 3.63) is 23.7 Å². The molecule has 0 aromatic carbocycles. The lowest BCUT2D eigenvalue weighted by Crippen LogP contribution is -2.48. The molecule has 7 nitrogen and oxygen atoms in total. The minimum Gasteiger partial charge on any atom is -0.465 e. The standard InChI is InChI=1S/C12H15N3O4/c1-7-2-3-8(19-7)6-13-11(17)9-4-5-10(16)15-12(18)14-9/h2-3,9H,4-6H2,1H3,(H,13,17)(H2,14,15,16,18). The number of carbonyl (C=O) groups excluding carboxylic acids is 3. The summed E-state index contributed by atoms with van der Waals surface area (Å²) in [6.45, 7) is 2.06. The van der Waals surface area contributed by atoms with Crippen LogP contribution < -0.4 is 16.0 Å². The van der Waals surface area contributed by atoms with Crippen LogP contribution in [0.4, 0.5) is 4.79 Å². The molecule has 4 amide bonds. The summed E-state index contributed by atoms with van der Waals surface area (Å²) in [6, 6.07) is 2.23. The van der Waals surface area contributed by atoms with Gasteiger partial charge in [0, 0.05) is 6.42 Å². The number of amides is 4. The Bertz CT molecular complexity index is 509. The lowest BCUT2D eigenvalue weighted by atomic mass is 10.1. The molecular formula is C12H15N3O4. The molecule has 19 heavy (non-hydrogen) atoms. The van der Waals surface area contributed by atoms with E-state index in [0.29, 0.717) is 5.76 Å². The molecule has 102 valence electrons. The van der Waals surface area contributed by atoms with Gasteiger partial charge in [-0.15, -0.1) is 0 Å². The first-order chi connectivity index (χ1) is 9.04. The largest absolute Gasteiger partial charge is 0.465 e. The molecule has 3 N–H and O–H groups in total. The second-order valence-electron chi connectivity index (χ2n) is 4.34. The van der Waals surface area contributed by atoms with E-state index in [9.17, 15) is 14.4 Å². The van der Waals surface area contributed by atoms with Crippen LogP contribution in [0.3, 0.4) is 0 Å². The summed E-state index contributed by atoms with van der Waals surface area (Å²) in [7, 11) is 0. The fourth-order valence-electron chi connectivity index (χ4n) is 1.81. The Morgan fingerprint density at radius 1 is 1.47 bits per heavy atom. The van der Waals surface area contributed by atoms with Crippen molar-refractivity contribution in [2.45, 2.75) is 32.4 Å². The van der Waals surface area contributed by atoms with Crippen LogP contribution in [0.5, 0.6) is 0 Å². The van der Waals surface area contributed by atoms with Crippen molar-refractivity contribution in [3.63, 3.8) is 0 Å². The highest BCUT2D eigenvalue weighted by molar-refractivity contribution is 5.98. The minimum atomic E-state index is -0.706. The normalized spacial score (nSPS) is 19.3. The molecule has 1 fully saturated rings. The van der Waals surface area contributed by atoms with E-state index in [2.05, 4.69) is 16.0 Å². The maximum atomic E-state index is 11.9. The third-order valence-corrected chi connectivity index (χ3v) is 2.77. The molecular weight excluding hydrogens is 250 g/mol. The minimum absolute atomic E-state index is 0.136. The van der Waals surface area contributed by atoms with Gasteiger partial charge < -0.3 is 15.1 Å². The van der Waals surface area contributed by atoms with Gasteiger partial charge in [-0.2, -0.15) is 0 Å². The van der Waals surface area contributed by atoms with Crippen LogP contribution in [0.25, 0.3) is 0 Å². The third kappa shape index (κ3) is 3.57. The van der Waals surface area contributed by atoms with Crippen LogP contribution in [0, 0.1) is 6.92 Å². The summed E-state index contributed by atoms with van der Waals surface area (Å²) in [5.74, 6) is 0.690. The topological polar surface area (TPSA) is 100 Å². The predicted molar refractivity (Wildman–Crippen MR) is 65.0 cm³/mol. The number of carbonyl (C=O) groups is 3. The zero-order chi connectivity index (χ0) is 13.8. The van der Waals surface area contributed by atoms with E-state index in [1.165, 1.54) is 0 Å². The Balaban J connectivity index is 1.88. The van der Waals surface area contributed by atoms with E-state index >= 15 is 0 Å². The van der Waals surface area contributed by atoms with Crippen molar-refractivity contribution < 1.29 is 18.8 Å². The monoisotopic (exact) mass is 265 g/mol. The first-order valence-corrected chi connectivity index (χ1v) is 5.98. The highest BCUT2D eigenvalue weighted by atomic mass is 16.3. The Morgan fingerprint density at radius 2 is 2.26 bits per heavy atom. The molecule has 1 aromatic heterocycles. The van der Waals surface area contributed by atoms with Crippen molar-refractivity contribution in [3.8, 4) is 0 Å². The summed E-state index contributed by atoms with van der Waals surface area (Å²) in [5.41, 5.74) is 0. The Morgan fingerprint density at radius 3 is 2.95 bits per heavy atom. The first kappa shape index (κ1) is 13.1. The van der Waals surface area contributed by atoms with Crippen molar-refractivity contribution >= 4 is 17.8 Å². The second-order valence-corrected chi connectivity index (χ2v) is 4.34. The SMILES string of the molecule is Cc1ccc(CNC(=O)C2CCC(=O)NC(=O)N2)o1. The lowest BCUT2D eigenvalue weighted by molar-refractivity contribution is -0.123. The third-order valence-electron chi connectivity index (χ3n) is 2.77. The van der Waals surface area contributed by atoms with Gasteiger partial charge in [-0.3, -0.25) is 14.9 Å². The number of urea groups is 1. The van der Waals surface area contributed by atoms with Crippen LogP contribution >= 0.6 is 0 Å². The van der Waals surface area contributed by atoms with Crippen LogP contribution in [-0.4, -0.2) is 23.9 Å². The second kappa shape index (κ2) is 5.55. The highest BCUT2D eigenvalue weighted by Crippen LogP contribution is 2.06. The molecule has 2 rings (SSSR count). The maximum Gasteiger partial charge on any atom is 0.322 e. The van der Waals surface area contributed by atoms with Gasteiger partial charge in [0.1, 0.15) is 17.6 Å². The summed E-state index contributed by atoms with van der Waals surface area (Å²) in [4.78, 5) is 34.2. The molecule has 1 atom stereocenters. The number of rotatable bonds is 3. The number of furan rings is 1. The molecule has 1 saturated heterocycles. The maximum absolute atomic E-state index is 11.9. The van der Waals surface area contributed by atoms with Gasteiger partial charge in [0.25, 0.3) is 0 Å². The lowest BCUT2D eigenvalue weighted by Gasteiger charge is -2.14. The van der Waals surface area contributed by atoms with Crippen molar-refractivity contribution in [2.75, 3.05) is 0 Å². The number of aryl methyl sites for hydroxylation is 1. The summed E-state index contributed by atoms with van der Waals surface area (Å²) < 4.78 is 5.32. The number of nitrogens with one attached hydrogen (secondary N) is 3. The molecule has 0 bridgehead atoms. The van der Waals surface area contributed by atoms with Crippen molar-refractivity contribution in [1.82, 2.24) is 16.0 Å². The van der Waals surface area contributed by atoms with E-state index in [1.54, 1.807) is 12.1 Å². The van der Waals surface area contributed by atoms with Crippen molar-refractivity contribution in [2.24, 2.45) is 0 Å². The average Bonchev–Trinajstić information content (AvgIpc) is 2.68. The van der Waals surface area contributed by atoms with Crippen LogP contribution in [0.15, 0.2) is 16.5 Å². The van der Waals surface area contributed by atoms with E-state index in [0.717, 1.165) is 5.76 Å². The van der Waals surface area contributed by atoms with E-state index in [1.807, 2.05) is 6.92 Å². The van der Waals surface area contributed by atoms with Crippen LogP contribution in [0.2, 0.25) is 0 Å². The van der Waals surface area contributed by atoms with Gasteiger partial charge in [0.15, 0.2) is 0 Å². The van der Waals surface area contributed by atoms with E-state index in [-0.39, 0.29) is 31.2 Å². The zero-order valence-electron chi connectivity index (χ0n) is 10.5. The molecule has 7 heteroatoms. The van der Waals surface area contributed by atoms with Gasteiger partial charge in [-0.25, -0.2) is 4.79 Å². The Hall–Kier alpha value is -2.31. The molecule has 1 aliphatic heterocycles. The van der Waals surface area contributed by atoms with Gasteiger partial charge in [0.05, 0.1) is 6.54 Å². The van der Waals surface area contributed by atoms with Gasteiger partial charge in [0.2, 0.25) is 11.8 Å². The van der Waals surface area contributed by atoms with E-state index in [4.69, 9.17) is 4.42 Å². The fourth-order valence-corrected chi connectivity index (χ4v) is 1.81. The quantitative estimate of drug-likeness (QED) is 0.726. The Kier molecular flexibility index (Phi) is 3.84. The fraction of sp³-hybridized carbons (Fsp3) is 0.417. The zero-order valence-corrected chi connectivity index (χ0v) is 10.5.